The van der Waals surface area contributed by atoms with E-state index in [9.17, 15) is 0 Å². The first-order valence-electron chi connectivity index (χ1n) is 4.83. The number of hydrogen-bond donors (Lipinski definition) is 0. The summed E-state index contributed by atoms with van der Waals surface area (Å²) < 4.78 is 0. The normalized spacial score (nSPS) is 15.0. The Balaban J connectivity index is 3.71. The Kier molecular flexibility index (Phi) is 4.79. The first-order valence-corrected chi connectivity index (χ1v) is 4.83. The van der Waals surface area contributed by atoms with Crippen LogP contribution in [0.1, 0.15) is 53.4 Å². The van der Waals surface area contributed by atoms with Crippen LogP contribution in [0.2, 0.25) is 0 Å². The zero-order chi connectivity index (χ0) is 8.91. The first kappa shape index (κ1) is 11.0. The lowest BCUT2D eigenvalue weighted by atomic mass is 9.75. The Morgan fingerprint density at radius 1 is 1.36 bits per heavy atom. The maximum absolute atomic E-state index is 3.99. The summed E-state index contributed by atoms with van der Waals surface area (Å²) in [6.07, 6.45) is 5.10. The van der Waals surface area contributed by atoms with Crippen LogP contribution in [0.25, 0.3) is 0 Å². The largest absolute Gasteiger partial charge is 0.0654 e. The molecule has 0 amide bonds. The topological polar surface area (TPSA) is 0 Å². The van der Waals surface area contributed by atoms with Gasteiger partial charge in [-0.15, -0.1) is 0 Å². The molecule has 11 heavy (non-hydrogen) atoms. The minimum absolute atomic E-state index is 0.440. The van der Waals surface area contributed by atoms with Gasteiger partial charge in [-0.2, -0.15) is 0 Å². The summed E-state index contributed by atoms with van der Waals surface area (Å²) in [5.74, 6) is 0.819. The molecule has 0 aromatic heterocycles. The molecule has 0 saturated carbocycles. The maximum atomic E-state index is 3.99. The molecule has 0 rings (SSSR count). The third-order valence-electron chi connectivity index (χ3n) is 2.97. The van der Waals surface area contributed by atoms with Gasteiger partial charge in [0, 0.05) is 0 Å². The molecule has 1 radical (unpaired) electrons. The fraction of sp³-hybridized carbons (Fsp3) is 0.909. The molecule has 0 aliphatic carbocycles. The fourth-order valence-electron chi connectivity index (χ4n) is 1.15. The van der Waals surface area contributed by atoms with Gasteiger partial charge in [0.15, 0.2) is 0 Å². The molecule has 0 aliphatic heterocycles. The summed E-state index contributed by atoms with van der Waals surface area (Å²) >= 11 is 0. The number of unbranched alkanes of at least 4 members (excludes halogenated alkanes) is 1. The van der Waals surface area contributed by atoms with Crippen molar-refractivity contribution < 1.29 is 0 Å². The molecule has 67 valence electrons. The van der Waals surface area contributed by atoms with Crippen LogP contribution in [0, 0.1) is 18.3 Å². The van der Waals surface area contributed by atoms with Crippen LogP contribution in [-0.4, -0.2) is 0 Å². The molecule has 0 aliphatic rings. The highest BCUT2D eigenvalue weighted by atomic mass is 14.3. The van der Waals surface area contributed by atoms with Gasteiger partial charge in [-0.25, -0.2) is 0 Å². The monoisotopic (exact) mass is 155 g/mol. The minimum Gasteiger partial charge on any atom is -0.0654 e. The van der Waals surface area contributed by atoms with Crippen molar-refractivity contribution in [3.05, 3.63) is 6.92 Å². The Bertz CT molecular complexity index is 92.2. The molecule has 0 aromatic carbocycles. The zero-order valence-electron chi connectivity index (χ0n) is 8.61. The summed E-state index contributed by atoms with van der Waals surface area (Å²) in [5, 5.41) is 0. The standard InChI is InChI=1S/C11H23/c1-6-8-9-10(3)11(4,5)7-2/h10H,2,6-9H2,1,3-5H3. The third-order valence-corrected chi connectivity index (χ3v) is 2.97. The zero-order valence-corrected chi connectivity index (χ0v) is 8.61. The van der Waals surface area contributed by atoms with E-state index in [1.807, 2.05) is 0 Å². The third kappa shape index (κ3) is 3.79. The van der Waals surface area contributed by atoms with Crippen molar-refractivity contribution in [1.82, 2.24) is 0 Å². The van der Waals surface area contributed by atoms with Crippen molar-refractivity contribution in [3.63, 3.8) is 0 Å². The van der Waals surface area contributed by atoms with Gasteiger partial charge in [0.2, 0.25) is 0 Å². The predicted molar refractivity (Wildman–Crippen MR) is 52.4 cm³/mol. The van der Waals surface area contributed by atoms with Crippen LogP contribution >= 0.6 is 0 Å². The van der Waals surface area contributed by atoms with E-state index in [1.54, 1.807) is 0 Å². The Morgan fingerprint density at radius 2 is 1.91 bits per heavy atom. The van der Waals surface area contributed by atoms with Crippen LogP contribution in [0.5, 0.6) is 0 Å². The van der Waals surface area contributed by atoms with Crippen LogP contribution in [0.4, 0.5) is 0 Å². The van der Waals surface area contributed by atoms with E-state index in [0.29, 0.717) is 5.41 Å². The summed E-state index contributed by atoms with van der Waals surface area (Å²) in [6, 6.07) is 0. The quantitative estimate of drug-likeness (QED) is 0.561. The average molecular weight is 155 g/mol. The van der Waals surface area contributed by atoms with Crippen LogP contribution in [0.3, 0.4) is 0 Å². The molecule has 1 unspecified atom stereocenters. The van der Waals surface area contributed by atoms with E-state index in [-0.39, 0.29) is 0 Å². The second-order valence-corrected chi connectivity index (χ2v) is 4.28. The smallest absolute Gasteiger partial charge is 0.0329 e. The van der Waals surface area contributed by atoms with Crippen LogP contribution in [0.15, 0.2) is 0 Å². The summed E-state index contributed by atoms with van der Waals surface area (Å²) in [6.45, 7) is 13.2. The number of hydrogen-bond acceptors (Lipinski definition) is 0. The molecular weight excluding hydrogens is 132 g/mol. The highest BCUT2D eigenvalue weighted by Crippen LogP contribution is 2.33. The molecule has 0 aromatic rings. The van der Waals surface area contributed by atoms with Crippen LogP contribution < -0.4 is 0 Å². The van der Waals surface area contributed by atoms with E-state index < -0.39 is 0 Å². The SMILES string of the molecule is [CH2]CC(C)(C)C(C)CCCC. The van der Waals surface area contributed by atoms with E-state index in [0.717, 1.165) is 12.3 Å². The Labute approximate surface area is 72.4 Å². The lowest BCUT2D eigenvalue weighted by molar-refractivity contribution is 0.216. The van der Waals surface area contributed by atoms with Crippen molar-refractivity contribution in [2.45, 2.75) is 53.4 Å². The Morgan fingerprint density at radius 3 is 2.27 bits per heavy atom. The van der Waals surface area contributed by atoms with E-state index in [4.69, 9.17) is 0 Å². The van der Waals surface area contributed by atoms with Gasteiger partial charge in [-0.1, -0.05) is 53.9 Å². The second kappa shape index (κ2) is 4.79. The van der Waals surface area contributed by atoms with Gasteiger partial charge in [0.1, 0.15) is 0 Å². The average Bonchev–Trinajstić information content (AvgIpc) is 2.00. The minimum atomic E-state index is 0.440. The molecule has 0 saturated heterocycles. The molecule has 0 fully saturated rings. The summed E-state index contributed by atoms with van der Waals surface area (Å²) in [5.41, 5.74) is 0.440. The van der Waals surface area contributed by atoms with Crippen molar-refractivity contribution in [2.75, 3.05) is 0 Å². The lowest BCUT2D eigenvalue weighted by Gasteiger charge is -2.30. The number of rotatable bonds is 5. The Hall–Kier alpha value is 0. The predicted octanol–water partition coefficient (Wildman–Crippen LogP) is 4.06. The molecule has 0 spiro atoms. The van der Waals surface area contributed by atoms with E-state index >= 15 is 0 Å². The highest BCUT2D eigenvalue weighted by Gasteiger charge is 2.22. The molecule has 1 atom stereocenters. The molecule has 0 bridgehead atoms. The molecule has 0 heteroatoms. The molecule has 0 nitrogen and oxygen atoms in total. The van der Waals surface area contributed by atoms with Crippen molar-refractivity contribution >= 4 is 0 Å². The lowest BCUT2D eigenvalue weighted by Crippen LogP contribution is -2.20. The maximum Gasteiger partial charge on any atom is -0.0329 e. The van der Waals surface area contributed by atoms with Crippen LogP contribution in [-0.2, 0) is 0 Å². The molecular formula is C11H23. The second-order valence-electron chi connectivity index (χ2n) is 4.28. The summed E-state index contributed by atoms with van der Waals surface area (Å²) in [7, 11) is 0. The fourth-order valence-corrected chi connectivity index (χ4v) is 1.15. The molecule has 0 N–H and O–H groups in total. The van der Waals surface area contributed by atoms with E-state index in [2.05, 4.69) is 34.6 Å². The van der Waals surface area contributed by atoms with Gasteiger partial charge in [-0.05, 0) is 17.8 Å². The first-order chi connectivity index (χ1) is 5.04. The van der Waals surface area contributed by atoms with E-state index in [1.165, 1.54) is 19.3 Å². The highest BCUT2D eigenvalue weighted by molar-refractivity contribution is 4.75. The van der Waals surface area contributed by atoms with Crippen molar-refractivity contribution in [2.24, 2.45) is 11.3 Å². The van der Waals surface area contributed by atoms with Crippen molar-refractivity contribution in [3.8, 4) is 0 Å². The summed E-state index contributed by atoms with van der Waals surface area (Å²) in [4.78, 5) is 0. The van der Waals surface area contributed by atoms with Gasteiger partial charge in [0.25, 0.3) is 0 Å². The molecule has 0 heterocycles. The van der Waals surface area contributed by atoms with Crippen molar-refractivity contribution in [1.29, 1.82) is 0 Å². The van der Waals surface area contributed by atoms with Gasteiger partial charge in [-0.3, -0.25) is 0 Å². The van der Waals surface area contributed by atoms with Gasteiger partial charge in [0.05, 0.1) is 0 Å². The van der Waals surface area contributed by atoms with Gasteiger partial charge >= 0.3 is 0 Å². The van der Waals surface area contributed by atoms with Gasteiger partial charge < -0.3 is 0 Å².